The first-order chi connectivity index (χ1) is 8.42. The van der Waals surface area contributed by atoms with E-state index in [1.54, 1.807) is 10.8 Å². The summed E-state index contributed by atoms with van der Waals surface area (Å²) in [7, 11) is 0. The van der Waals surface area contributed by atoms with Crippen molar-refractivity contribution in [3.63, 3.8) is 0 Å². The summed E-state index contributed by atoms with van der Waals surface area (Å²) in [6, 6.07) is 9.63. The number of furan rings is 1. The standard InChI is InChI=1S/C12H12N4O/c1-2-8-16-11(5-1)14-12(15-16)13-7-6-10-4-3-9-17-10/h1-5,8-9H,6-7H2,(H,13,15). The number of fused-ring (bicyclic) bond motifs is 1. The van der Waals surface area contributed by atoms with Crippen LogP contribution in [0.5, 0.6) is 0 Å². The smallest absolute Gasteiger partial charge is 0.243 e. The number of hydrogen-bond acceptors (Lipinski definition) is 4. The molecule has 3 aromatic rings. The molecule has 0 fully saturated rings. The maximum absolute atomic E-state index is 5.24. The second kappa shape index (κ2) is 4.29. The summed E-state index contributed by atoms with van der Waals surface area (Å²) < 4.78 is 6.99. The fourth-order valence-corrected chi connectivity index (χ4v) is 1.66. The van der Waals surface area contributed by atoms with Gasteiger partial charge in [0.1, 0.15) is 5.76 Å². The van der Waals surface area contributed by atoms with Gasteiger partial charge in [0.15, 0.2) is 5.65 Å². The van der Waals surface area contributed by atoms with E-state index in [1.807, 2.05) is 36.5 Å². The number of nitrogens with one attached hydrogen (secondary N) is 1. The highest BCUT2D eigenvalue weighted by Crippen LogP contribution is 2.05. The van der Waals surface area contributed by atoms with Crippen LogP contribution in [0.1, 0.15) is 5.76 Å². The first kappa shape index (κ1) is 9.89. The lowest BCUT2D eigenvalue weighted by molar-refractivity contribution is 0.512. The summed E-state index contributed by atoms with van der Waals surface area (Å²) in [6.45, 7) is 0.754. The van der Waals surface area contributed by atoms with Crippen LogP contribution < -0.4 is 5.32 Å². The Morgan fingerprint density at radius 2 is 2.24 bits per heavy atom. The average Bonchev–Trinajstić information content (AvgIpc) is 2.96. The Bertz CT molecular complexity index is 567. The summed E-state index contributed by atoms with van der Waals surface area (Å²) in [6.07, 6.45) is 4.38. The van der Waals surface area contributed by atoms with Gasteiger partial charge in [0.05, 0.1) is 6.26 Å². The number of aromatic nitrogens is 3. The zero-order chi connectivity index (χ0) is 11.5. The van der Waals surface area contributed by atoms with Crippen molar-refractivity contribution in [2.24, 2.45) is 0 Å². The van der Waals surface area contributed by atoms with Gasteiger partial charge in [0.2, 0.25) is 5.95 Å². The number of pyridine rings is 1. The second-order valence-electron chi connectivity index (χ2n) is 3.69. The summed E-state index contributed by atoms with van der Waals surface area (Å²) >= 11 is 0. The molecule has 0 aliphatic heterocycles. The molecule has 3 heterocycles. The number of rotatable bonds is 4. The van der Waals surface area contributed by atoms with E-state index in [0.717, 1.165) is 24.4 Å². The first-order valence-electron chi connectivity index (χ1n) is 5.49. The minimum absolute atomic E-state index is 0.641. The van der Waals surface area contributed by atoms with Crippen LogP contribution in [0.25, 0.3) is 5.65 Å². The van der Waals surface area contributed by atoms with Gasteiger partial charge >= 0.3 is 0 Å². The fourth-order valence-electron chi connectivity index (χ4n) is 1.66. The predicted molar refractivity (Wildman–Crippen MR) is 63.9 cm³/mol. The molecule has 5 heteroatoms. The van der Waals surface area contributed by atoms with E-state index in [0.29, 0.717) is 5.95 Å². The van der Waals surface area contributed by atoms with Crippen LogP contribution in [0.2, 0.25) is 0 Å². The third-order valence-electron chi connectivity index (χ3n) is 2.48. The van der Waals surface area contributed by atoms with Crippen LogP contribution in [0.3, 0.4) is 0 Å². The molecule has 5 nitrogen and oxygen atoms in total. The molecule has 0 aliphatic rings. The molecular weight excluding hydrogens is 216 g/mol. The molecule has 1 N–H and O–H groups in total. The van der Waals surface area contributed by atoms with Crippen LogP contribution in [0.4, 0.5) is 5.95 Å². The molecule has 0 bridgehead atoms. The lowest BCUT2D eigenvalue weighted by Crippen LogP contribution is -2.05. The van der Waals surface area contributed by atoms with Gasteiger partial charge in [-0.25, -0.2) is 4.52 Å². The van der Waals surface area contributed by atoms with Gasteiger partial charge in [0, 0.05) is 19.2 Å². The Hall–Kier alpha value is -2.30. The quantitative estimate of drug-likeness (QED) is 0.741. The molecule has 0 atom stereocenters. The van der Waals surface area contributed by atoms with Gasteiger partial charge in [-0.3, -0.25) is 0 Å². The van der Waals surface area contributed by atoms with Gasteiger partial charge < -0.3 is 9.73 Å². The van der Waals surface area contributed by atoms with Crippen molar-refractivity contribution in [2.45, 2.75) is 6.42 Å². The molecule has 0 saturated carbocycles. The van der Waals surface area contributed by atoms with E-state index in [9.17, 15) is 0 Å². The second-order valence-corrected chi connectivity index (χ2v) is 3.69. The van der Waals surface area contributed by atoms with Crippen LogP contribution in [-0.2, 0) is 6.42 Å². The lowest BCUT2D eigenvalue weighted by Gasteiger charge is -1.98. The molecule has 86 valence electrons. The summed E-state index contributed by atoms with van der Waals surface area (Å²) in [5, 5.41) is 7.46. The molecule has 0 radical (unpaired) electrons. The zero-order valence-electron chi connectivity index (χ0n) is 9.21. The third kappa shape index (κ3) is 2.13. The number of nitrogens with zero attached hydrogens (tertiary/aromatic N) is 3. The molecule has 3 rings (SSSR count). The van der Waals surface area contributed by atoms with Gasteiger partial charge in [-0.1, -0.05) is 6.07 Å². The highest BCUT2D eigenvalue weighted by atomic mass is 16.3. The van der Waals surface area contributed by atoms with Crippen molar-refractivity contribution in [1.82, 2.24) is 14.6 Å². The molecule has 0 aliphatic carbocycles. The summed E-state index contributed by atoms with van der Waals surface area (Å²) in [5.74, 6) is 1.60. The zero-order valence-corrected chi connectivity index (χ0v) is 9.21. The van der Waals surface area contributed by atoms with Crippen LogP contribution in [-0.4, -0.2) is 21.1 Å². The van der Waals surface area contributed by atoms with Crippen molar-refractivity contribution < 1.29 is 4.42 Å². The van der Waals surface area contributed by atoms with E-state index in [-0.39, 0.29) is 0 Å². The van der Waals surface area contributed by atoms with Crippen molar-refractivity contribution >= 4 is 11.6 Å². The van der Waals surface area contributed by atoms with Crippen LogP contribution >= 0.6 is 0 Å². The van der Waals surface area contributed by atoms with E-state index in [2.05, 4.69) is 15.4 Å². The molecule has 0 aromatic carbocycles. The topological polar surface area (TPSA) is 55.4 Å². The summed E-state index contributed by atoms with van der Waals surface area (Å²) in [4.78, 5) is 4.34. The first-order valence-corrected chi connectivity index (χ1v) is 5.49. The van der Waals surface area contributed by atoms with Crippen molar-refractivity contribution in [3.05, 3.63) is 48.6 Å². The largest absolute Gasteiger partial charge is 0.469 e. The summed E-state index contributed by atoms with van der Waals surface area (Å²) in [5.41, 5.74) is 0.841. The average molecular weight is 228 g/mol. The van der Waals surface area contributed by atoms with E-state index >= 15 is 0 Å². The fraction of sp³-hybridized carbons (Fsp3) is 0.167. The van der Waals surface area contributed by atoms with Gasteiger partial charge in [0.25, 0.3) is 0 Å². The van der Waals surface area contributed by atoms with Crippen molar-refractivity contribution in [1.29, 1.82) is 0 Å². The molecule has 0 saturated heterocycles. The number of anilines is 1. The minimum Gasteiger partial charge on any atom is -0.469 e. The Morgan fingerprint density at radius 1 is 1.24 bits per heavy atom. The Kier molecular flexibility index (Phi) is 2.50. The molecule has 3 aromatic heterocycles. The Morgan fingerprint density at radius 3 is 3.06 bits per heavy atom. The Labute approximate surface area is 98.1 Å². The van der Waals surface area contributed by atoms with Crippen LogP contribution in [0, 0.1) is 0 Å². The SMILES string of the molecule is c1coc(CCNc2nc3ccccn3n2)c1. The van der Waals surface area contributed by atoms with E-state index in [4.69, 9.17) is 4.42 Å². The Balaban J connectivity index is 1.65. The minimum atomic E-state index is 0.641. The van der Waals surface area contributed by atoms with E-state index < -0.39 is 0 Å². The maximum atomic E-state index is 5.24. The van der Waals surface area contributed by atoms with Crippen LogP contribution in [0.15, 0.2) is 47.2 Å². The predicted octanol–water partition coefficient (Wildman–Crippen LogP) is 1.98. The number of hydrogen-bond donors (Lipinski definition) is 1. The highest BCUT2D eigenvalue weighted by Gasteiger charge is 2.02. The third-order valence-corrected chi connectivity index (χ3v) is 2.48. The van der Waals surface area contributed by atoms with E-state index in [1.165, 1.54) is 0 Å². The monoisotopic (exact) mass is 228 g/mol. The van der Waals surface area contributed by atoms with Gasteiger partial charge in [-0.15, -0.1) is 5.10 Å². The lowest BCUT2D eigenvalue weighted by atomic mass is 10.3. The molecule has 17 heavy (non-hydrogen) atoms. The molecule has 0 amide bonds. The van der Waals surface area contributed by atoms with Gasteiger partial charge in [-0.2, -0.15) is 4.98 Å². The molecule has 0 unspecified atom stereocenters. The maximum Gasteiger partial charge on any atom is 0.243 e. The molecular formula is C12H12N4O. The molecule has 0 spiro atoms. The van der Waals surface area contributed by atoms with Crippen molar-refractivity contribution in [2.75, 3.05) is 11.9 Å². The normalized spacial score (nSPS) is 10.8. The van der Waals surface area contributed by atoms with Crippen molar-refractivity contribution in [3.8, 4) is 0 Å². The highest BCUT2D eigenvalue weighted by molar-refractivity contribution is 5.42. The van der Waals surface area contributed by atoms with Gasteiger partial charge in [-0.05, 0) is 24.3 Å².